The lowest BCUT2D eigenvalue weighted by molar-refractivity contribution is -0.332. The first-order chi connectivity index (χ1) is 34.0. The summed E-state index contributed by atoms with van der Waals surface area (Å²) in [4.78, 5) is 25.7. The summed E-state index contributed by atoms with van der Waals surface area (Å²) < 4.78 is 33.4. The largest absolute Gasteiger partial charge is 0.462 e. The maximum absolute atomic E-state index is 13.0. The van der Waals surface area contributed by atoms with E-state index in [4.69, 9.17) is 28.4 Å². The highest BCUT2D eigenvalue weighted by Gasteiger charge is 2.47. The minimum absolute atomic E-state index is 0.102. The second kappa shape index (κ2) is 40.7. The Morgan fingerprint density at radius 2 is 0.957 bits per heavy atom. The molecule has 0 bridgehead atoms. The van der Waals surface area contributed by atoms with Crippen molar-refractivity contribution < 1.29 is 73.8 Å². The van der Waals surface area contributed by atoms with Gasteiger partial charge in [-0.25, -0.2) is 0 Å². The third-order valence-corrected chi connectivity index (χ3v) is 11.3. The fraction of sp³-hybridized carbons (Fsp3) is 0.636. The minimum Gasteiger partial charge on any atom is -0.462 e. The summed E-state index contributed by atoms with van der Waals surface area (Å²) >= 11 is 0. The van der Waals surface area contributed by atoms with E-state index in [-0.39, 0.29) is 19.4 Å². The predicted octanol–water partition coefficient (Wildman–Crippen LogP) is 7.15. The average Bonchev–Trinajstić information content (AvgIpc) is 3.35. The molecule has 15 nitrogen and oxygen atoms in total. The van der Waals surface area contributed by atoms with Crippen LogP contribution in [0.25, 0.3) is 0 Å². The van der Waals surface area contributed by atoms with Crippen LogP contribution in [0.3, 0.4) is 0 Å². The number of aliphatic hydroxyl groups excluding tert-OH is 7. The standard InChI is InChI=1S/C55H86O15/c1-3-5-7-9-11-13-15-17-18-19-20-21-22-23-24-26-27-29-31-33-35-37-46(57)65-40-43(68-47(58)38-36-34-32-30-28-25-16-14-12-10-8-6-4-2)41-66-54-53(64)51(62)49(60)45(70-54)42-67-55-52(63)50(61)48(59)44(39-56)69-55/h6,8,10-14,16-18,20-21,23-25,27-29,43-45,48-56,59-64H,3-5,7,9,15,19,22,26,30-42H2,1-2H3/b8-6+,12-10+,13-11+,16-14+,18-17+,21-20+,24-23+,28-25+,29-27+/t43?,44-,45-,48+,49+,50?,51?,52?,53?,54-,55-/m1/s1. The summed E-state index contributed by atoms with van der Waals surface area (Å²) in [6, 6.07) is 0. The van der Waals surface area contributed by atoms with Gasteiger partial charge < -0.3 is 64.2 Å². The third kappa shape index (κ3) is 28.3. The van der Waals surface area contributed by atoms with Gasteiger partial charge in [0.1, 0.15) is 55.4 Å². The smallest absolute Gasteiger partial charge is 0.306 e. The molecule has 0 spiro atoms. The zero-order chi connectivity index (χ0) is 51.0. The first-order valence-corrected chi connectivity index (χ1v) is 25.5. The zero-order valence-electron chi connectivity index (χ0n) is 41.7. The van der Waals surface area contributed by atoms with Crippen molar-refractivity contribution in [3.05, 3.63) is 109 Å². The van der Waals surface area contributed by atoms with E-state index >= 15 is 0 Å². The topological polar surface area (TPSA) is 231 Å². The Morgan fingerprint density at radius 3 is 1.54 bits per heavy atom. The summed E-state index contributed by atoms with van der Waals surface area (Å²) in [7, 11) is 0. The molecule has 0 saturated carbocycles. The quantitative estimate of drug-likeness (QED) is 0.0142. The van der Waals surface area contributed by atoms with Crippen molar-refractivity contribution in [1.29, 1.82) is 0 Å². The van der Waals surface area contributed by atoms with Crippen LogP contribution in [0.5, 0.6) is 0 Å². The van der Waals surface area contributed by atoms with Gasteiger partial charge in [0.25, 0.3) is 0 Å². The van der Waals surface area contributed by atoms with Crippen LogP contribution in [-0.4, -0.2) is 142 Å². The molecule has 70 heavy (non-hydrogen) atoms. The number of rotatable bonds is 37. The summed E-state index contributed by atoms with van der Waals surface area (Å²) in [6.07, 6.45) is 35.5. The molecule has 2 fully saturated rings. The van der Waals surface area contributed by atoms with Gasteiger partial charge in [0.05, 0.1) is 19.8 Å². The molecule has 0 amide bonds. The van der Waals surface area contributed by atoms with Crippen LogP contribution in [0.2, 0.25) is 0 Å². The Kier molecular flexibility index (Phi) is 36.2. The van der Waals surface area contributed by atoms with E-state index in [0.29, 0.717) is 12.8 Å². The van der Waals surface area contributed by atoms with Crippen LogP contribution < -0.4 is 0 Å². The molecule has 2 aliphatic heterocycles. The van der Waals surface area contributed by atoms with Gasteiger partial charge in [0.15, 0.2) is 18.7 Å². The highest BCUT2D eigenvalue weighted by Crippen LogP contribution is 2.26. The molecular weight excluding hydrogens is 901 g/mol. The number of hydrogen-bond acceptors (Lipinski definition) is 15. The number of unbranched alkanes of at least 4 members (excludes halogenated alkanes) is 8. The molecule has 2 saturated heterocycles. The number of allylic oxidation sites excluding steroid dienone is 18. The minimum atomic E-state index is -1.79. The molecule has 396 valence electrons. The van der Waals surface area contributed by atoms with Gasteiger partial charge in [0, 0.05) is 12.8 Å². The van der Waals surface area contributed by atoms with Gasteiger partial charge in [-0.3, -0.25) is 9.59 Å². The monoisotopic (exact) mass is 987 g/mol. The van der Waals surface area contributed by atoms with Crippen LogP contribution >= 0.6 is 0 Å². The number of carbonyl (C=O) groups excluding carboxylic acids is 2. The SMILES string of the molecule is CC/C=C/C=C/C=C/C=C/CCCCCC(=O)OC(COC(=O)CCCC/C=C/C/C=C/C/C=C/C/C=C/C/C=C/CCCCC)CO[C@@H]1O[C@H](CO[C@@H]2O[C@H](CO)[C@H](O)C(O)C2O)[C@H](O)C(O)C1O. The number of carbonyl (C=O) groups is 2. The second-order valence-corrected chi connectivity index (χ2v) is 17.3. The maximum Gasteiger partial charge on any atom is 0.306 e. The van der Waals surface area contributed by atoms with E-state index in [0.717, 1.165) is 64.2 Å². The van der Waals surface area contributed by atoms with E-state index in [1.165, 1.54) is 25.7 Å². The molecular formula is C55H86O15. The van der Waals surface area contributed by atoms with E-state index in [2.05, 4.69) is 86.8 Å². The number of hydrogen-bond donors (Lipinski definition) is 7. The van der Waals surface area contributed by atoms with Crippen LogP contribution in [0.1, 0.15) is 129 Å². The Balaban J connectivity index is 1.84. The van der Waals surface area contributed by atoms with Crippen molar-refractivity contribution >= 4 is 11.9 Å². The normalized spacial score (nSPS) is 26.3. The lowest BCUT2D eigenvalue weighted by Gasteiger charge is -2.42. The van der Waals surface area contributed by atoms with Crippen molar-refractivity contribution in [1.82, 2.24) is 0 Å². The summed E-state index contributed by atoms with van der Waals surface area (Å²) in [5.41, 5.74) is 0. The van der Waals surface area contributed by atoms with Gasteiger partial charge in [-0.1, -0.05) is 142 Å². The molecule has 2 aliphatic rings. The van der Waals surface area contributed by atoms with E-state index in [9.17, 15) is 45.3 Å². The van der Waals surface area contributed by atoms with Gasteiger partial charge >= 0.3 is 11.9 Å². The van der Waals surface area contributed by atoms with Gasteiger partial charge in [-0.2, -0.15) is 0 Å². The lowest BCUT2D eigenvalue weighted by atomic mass is 9.98. The molecule has 2 heterocycles. The highest BCUT2D eigenvalue weighted by molar-refractivity contribution is 5.70. The molecule has 5 unspecified atom stereocenters. The fourth-order valence-electron chi connectivity index (χ4n) is 7.13. The number of ether oxygens (including phenoxy) is 6. The van der Waals surface area contributed by atoms with Crippen molar-refractivity contribution in [2.75, 3.05) is 26.4 Å². The van der Waals surface area contributed by atoms with E-state index < -0.39 is 99.3 Å². The molecule has 2 rings (SSSR count). The lowest BCUT2D eigenvalue weighted by Crippen LogP contribution is -2.61. The van der Waals surface area contributed by atoms with E-state index in [1.54, 1.807) is 0 Å². The second-order valence-electron chi connectivity index (χ2n) is 17.3. The Morgan fingerprint density at radius 1 is 0.486 bits per heavy atom. The molecule has 11 atom stereocenters. The highest BCUT2D eigenvalue weighted by atomic mass is 16.7. The number of aliphatic hydroxyl groups is 7. The molecule has 0 aromatic carbocycles. The molecule has 15 heteroatoms. The Bertz CT molecular complexity index is 1630. The molecule has 0 aliphatic carbocycles. The van der Waals surface area contributed by atoms with Crippen molar-refractivity contribution in [2.45, 2.75) is 197 Å². The number of esters is 2. The fourth-order valence-corrected chi connectivity index (χ4v) is 7.13. The first-order valence-electron chi connectivity index (χ1n) is 25.5. The van der Waals surface area contributed by atoms with Crippen molar-refractivity contribution in [3.8, 4) is 0 Å². The molecule has 7 N–H and O–H groups in total. The van der Waals surface area contributed by atoms with E-state index in [1.807, 2.05) is 36.5 Å². The Hall–Kier alpha value is -3.84. The van der Waals surface area contributed by atoms with Crippen molar-refractivity contribution in [3.63, 3.8) is 0 Å². The average molecular weight is 987 g/mol. The first kappa shape index (κ1) is 62.3. The van der Waals surface area contributed by atoms with Crippen LogP contribution in [0.4, 0.5) is 0 Å². The van der Waals surface area contributed by atoms with Gasteiger partial charge in [-0.05, 0) is 83.5 Å². The predicted molar refractivity (Wildman–Crippen MR) is 270 cm³/mol. The molecule has 0 radical (unpaired) electrons. The summed E-state index contributed by atoms with van der Waals surface area (Å²) in [5.74, 6) is -1.03. The maximum atomic E-state index is 13.0. The summed E-state index contributed by atoms with van der Waals surface area (Å²) in [6.45, 7) is 2.29. The zero-order valence-corrected chi connectivity index (χ0v) is 41.7. The van der Waals surface area contributed by atoms with Crippen LogP contribution in [0, 0.1) is 0 Å². The molecule has 0 aromatic rings. The van der Waals surface area contributed by atoms with Crippen LogP contribution in [-0.2, 0) is 38.0 Å². The Labute approximate surface area is 417 Å². The summed E-state index contributed by atoms with van der Waals surface area (Å²) in [5, 5.41) is 72.0. The van der Waals surface area contributed by atoms with Crippen LogP contribution in [0.15, 0.2) is 109 Å². The van der Waals surface area contributed by atoms with Gasteiger partial charge in [0.2, 0.25) is 0 Å². The third-order valence-electron chi connectivity index (χ3n) is 11.3. The van der Waals surface area contributed by atoms with Gasteiger partial charge in [-0.15, -0.1) is 0 Å². The van der Waals surface area contributed by atoms with Crippen molar-refractivity contribution in [2.24, 2.45) is 0 Å². The molecule has 0 aromatic heterocycles.